The summed E-state index contributed by atoms with van der Waals surface area (Å²) < 4.78 is 0. The van der Waals surface area contributed by atoms with E-state index in [1.54, 1.807) is 0 Å². The van der Waals surface area contributed by atoms with Gasteiger partial charge in [0, 0.05) is 37.2 Å². The van der Waals surface area contributed by atoms with Crippen molar-refractivity contribution in [3.63, 3.8) is 0 Å². The number of aromatic nitrogens is 3. The molecule has 0 saturated heterocycles. The predicted molar refractivity (Wildman–Crippen MR) is 79.8 cm³/mol. The first-order valence-electron chi connectivity index (χ1n) is 5.70. The van der Waals surface area contributed by atoms with Gasteiger partial charge < -0.3 is 16.0 Å². The molecule has 102 valence electrons. The van der Waals surface area contributed by atoms with E-state index in [0.717, 1.165) is 23.1 Å². The minimum atomic E-state index is 0.0742. The Morgan fingerprint density at radius 2 is 1.90 bits per heavy atom. The minimum absolute atomic E-state index is 0.0742. The molecule has 0 amide bonds. The maximum Gasteiger partial charge on any atom is 0.233 e. The predicted octanol–water partition coefficient (Wildman–Crippen LogP) is 1.84. The third-order valence-corrected chi connectivity index (χ3v) is 2.87. The van der Waals surface area contributed by atoms with Gasteiger partial charge in [0.25, 0.3) is 0 Å². The lowest BCUT2D eigenvalue weighted by Crippen LogP contribution is -2.08. The number of thiocyanates is 1. The average molecular weight is 287 g/mol. The molecule has 0 atom stereocenters. The molecule has 0 saturated carbocycles. The smallest absolute Gasteiger partial charge is 0.233 e. The second-order valence-electron chi connectivity index (χ2n) is 4.06. The zero-order chi connectivity index (χ0) is 14.5. The molecule has 0 aliphatic rings. The fourth-order valence-electron chi connectivity index (χ4n) is 1.49. The molecule has 0 radical (unpaired) electrons. The summed E-state index contributed by atoms with van der Waals surface area (Å²) in [6.07, 6.45) is 0. The zero-order valence-corrected chi connectivity index (χ0v) is 11.8. The molecule has 0 aliphatic heterocycles. The van der Waals surface area contributed by atoms with Crippen molar-refractivity contribution in [2.24, 2.45) is 0 Å². The molecule has 8 heteroatoms. The molecule has 2 rings (SSSR count). The summed E-state index contributed by atoms with van der Waals surface area (Å²) in [5, 5.41) is 13.8. The number of hydrogen-bond donors (Lipinski definition) is 2. The van der Waals surface area contributed by atoms with Crippen LogP contribution in [-0.2, 0) is 0 Å². The van der Waals surface area contributed by atoms with E-state index < -0.39 is 0 Å². The molecule has 1 heterocycles. The Hall–Kier alpha value is -2.53. The van der Waals surface area contributed by atoms with Crippen LogP contribution in [0.25, 0.3) is 0 Å². The van der Waals surface area contributed by atoms with Crippen molar-refractivity contribution < 1.29 is 0 Å². The molecular formula is C12H13N7S. The number of nitrogens with one attached hydrogen (secondary N) is 1. The van der Waals surface area contributed by atoms with Crippen molar-refractivity contribution in [3.05, 3.63) is 24.3 Å². The number of nitrogens with two attached hydrogens (primary N) is 1. The van der Waals surface area contributed by atoms with Crippen LogP contribution in [0.15, 0.2) is 29.4 Å². The molecule has 0 fully saturated rings. The summed E-state index contributed by atoms with van der Waals surface area (Å²) in [6, 6.07) is 7.76. The monoisotopic (exact) mass is 287 g/mol. The molecule has 3 N–H and O–H groups in total. The van der Waals surface area contributed by atoms with Crippen LogP contribution in [0, 0.1) is 10.7 Å². The van der Waals surface area contributed by atoms with Gasteiger partial charge in [-0.05, 0) is 24.3 Å². The number of nitrogens with zero attached hydrogens (tertiary/aromatic N) is 5. The highest BCUT2D eigenvalue weighted by molar-refractivity contribution is 8.03. The van der Waals surface area contributed by atoms with Gasteiger partial charge in [0.2, 0.25) is 17.1 Å². The van der Waals surface area contributed by atoms with Gasteiger partial charge in [0.05, 0.1) is 0 Å². The first-order valence-corrected chi connectivity index (χ1v) is 6.52. The highest BCUT2D eigenvalue weighted by Crippen LogP contribution is 2.20. The number of thioether (sulfide) groups is 1. The standard InChI is InChI=1S/C12H13N7S/c1-19(2)9-5-3-8(4-6-9)15-11-16-10(14)17-12(18-11)20-7-13/h3-6H,1-2H3,(H3,14,15,16,17,18). The van der Waals surface area contributed by atoms with Crippen LogP contribution in [-0.4, -0.2) is 29.0 Å². The fraction of sp³-hybridized carbons (Fsp3) is 0.167. The Kier molecular flexibility index (Phi) is 4.22. The normalized spacial score (nSPS) is 9.85. The van der Waals surface area contributed by atoms with Crippen LogP contribution < -0.4 is 16.0 Å². The van der Waals surface area contributed by atoms with E-state index >= 15 is 0 Å². The summed E-state index contributed by atoms with van der Waals surface area (Å²) in [5.41, 5.74) is 7.49. The Balaban J connectivity index is 2.19. The third kappa shape index (κ3) is 3.49. The third-order valence-electron chi connectivity index (χ3n) is 2.41. The Morgan fingerprint density at radius 1 is 1.20 bits per heavy atom. The summed E-state index contributed by atoms with van der Waals surface area (Å²) >= 11 is 0.837. The molecule has 20 heavy (non-hydrogen) atoms. The molecule has 0 spiro atoms. The number of benzene rings is 1. The van der Waals surface area contributed by atoms with Crippen LogP contribution in [0.1, 0.15) is 0 Å². The second-order valence-corrected chi connectivity index (χ2v) is 4.81. The molecule has 1 aromatic heterocycles. The lowest BCUT2D eigenvalue weighted by atomic mass is 10.2. The molecule has 1 aromatic carbocycles. The van der Waals surface area contributed by atoms with E-state index in [1.807, 2.05) is 48.7 Å². The van der Waals surface area contributed by atoms with Crippen LogP contribution in [0.2, 0.25) is 0 Å². The summed E-state index contributed by atoms with van der Waals surface area (Å²) in [6.45, 7) is 0. The van der Waals surface area contributed by atoms with Gasteiger partial charge in [-0.15, -0.1) is 0 Å². The zero-order valence-electron chi connectivity index (χ0n) is 11.0. The first kappa shape index (κ1) is 13.9. The van der Waals surface area contributed by atoms with Crippen molar-refractivity contribution in [1.82, 2.24) is 15.0 Å². The van der Waals surface area contributed by atoms with E-state index in [2.05, 4.69) is 20.3 Å². The van der Waals surface area contributed by atoms with Gasteiger partial charge >= 0.3 is 0 Å². The molecular weight excluding hydrogens is 274 g/mol. The number of anilines is 4. The van der Waals surface area contributed by atoms with Crippen molar-refractivity contribution in [3.8, 4) is 5.40 Å². The number of nitrogen functional groups attached to an aromatic ring is 1. The second kappa shape index (κ2) is 6.08. The fourth-order valence-corrected chi connectivity index (χ4v) is 1.84. The number of hydrogen-bond acceptors (Lipinski definition) is 8. The topological polar surface area (TPSA) is 104 Å². The van der Waals surface area contributed by atoms with E-state index in [4.69, 9.17) is 11.0 Å². The van der Waals surface area contributed by atoms with E-state index in [0.29, 0.717) is 5.95 Å². The lowest BCUT2D eigenvalue weighted by Gasteiger charge is -2.13. The van der Waals surface area contributed by atoms with Crippen molar-refractivity contribution in [2.45, 2.75) is 5.16 Å². The Bertz CT molecular complexity index is 633. The van der Waals surface area contributed by atoms with Crippen LogP contribution in [0.4, 0.5) is 23.3 Å². The molecule has 2 aromatic rings. The van der Waals surface area contributed by atoms with Gasteiger partial charge in [-0.3, -0.25) is 0 Å². The van der Waals surface area contributed by atoms with Crippen LogP contribution >= 0.6 is 11.8 Å². The van der Waals surface area contributed by atoms with Crippen LogP contribution in [0.5, 0.6) is 0 Å². The van der Waals surface area contributed by atoms with Gasteiger partial charge in [-0.25, -0.2) is 0 Å². The van der Waals surface area contributed by atoms with E-state index in [9.17, 15) is 0 Å². The number of nitriles is 1. The first-order chi connectivity index (χ1) is 9.58. The maximum absolute atomic E-state index is 8.62. The largest absolute Gasteiger partial charge is 0.378 e. The van der Waals surface area contributed by atoms with Crippen molar-refractivity contribution in [2.75, 3.05) is 30.0 Å². The van der Waals surface area contributed by atoms with E-state index in [1.165, 1.54) is 0 Å². The number of rotatable bonds is 4. The summed E-state index contributed by atoms with van der Waals surface area (Å²) in [4.78, 5) is 13.9. The summed E-state index contributed by atoms with van der Waals surface area (Å²) in [5.74, 6) is 0.387. The van der Waals surface area contributed by atoms with Gasteiger partial charge in [-0.1, -0.05) is 0 Å². The quantitative estimate of drug-likeness (QED) is 0.648. The van der Waals surface area contributed by atoms with E-state index in [-0.39, 0.29) is 11.1 Å². The average Bonchev–Trinajstić information content (AvgIpc) is 2.39. The van der Waals surface area contributed by atoms with Crippen molar-refractivity contribution >= 4 is 35.0 Å². The van der Waals surface area contributed by atoms with Gasteiger partial charge in [-0.2, -0.15) is 20.2 Å². The maximum atomic E-state index is 8.62. The SMILES string of the molecule is CN(C)c1ccc(Nc2nc(N)nc(SC#N)n2)cc1. The Morgan fingerprint density at radius 3 is 2.50 bits per heavy atom. The van der Waals surface area contributed by atoms with Gasteiger partial charge in [0.15, 0.2) is 0 Å². The minimum Gasteiger partial charge on any atom is -0.378 e. The Labute approximate surface area is 120 Å². The molecule has 0 aliphatic carbocycles. The molecule has 0 bridgehead atoms. The molecule has 7 nitrogen and oxygen atoms in total. The summed E-state index contributed by atoms with van der Waals surface area (Å²) in [7, 11) is 3.95. The van der Waals surface area contributed by atoms with Gasteiger partial charge in [0.1, 0.15) is 5.40 Å². The highest BCUT2D eigenvalue weighted by Gasteiger charge is 2.05. The van der Waals surface area contributed by atoms with Crippen molar-refractivity contribution in [1.29, 1.82) is 5.26 Å². The van der Waals surface area contributed by atoms with Crippen LogP contribution in [0.3, 0.4) is 0 Å². The lowest BCUT2D eigenvalue weighted by molar-refractivity contribution is 0.928. The highest BCUT2D eigenvalue weighted by atomic mass is 32.2. The molecule has 0 unspecified atom stereocenters.